The Kier molecular flexibility index (Phi) is 3.14. The topological polar surface area (TPSA) is 38.3 Å². The first kappa shape index (κ1) is 11.4. The van der Waals surface area contributed by atoms with Crippen molar-refractivity contribution in [3.63, 3.8) is 0 Å². The summed E-state index contributed by atoms with van der Waals surface area (Å²) in [5.41, 5.74) is -1.48. The Morgan fingerprint density at radius 3 is 2.57 bits per heavy atom. The predicted molar refractivity (Wildman–Crippen MR) is 51.7 cm³/mol. The van der Waals surface area contributed by atoms with E-state index in [1.165, 1.54) is 0 Å². The molecule has 0 aromatic rings. The van der Waals surface area contributed by atoms with Crippen LogP contribution in [0.5, 0.6) is 0 Å². The number of hydrogen-bond acceptors (Lipinski definition) is 3. The average molecular weight is 203 g/mol. The van der Waals surface area contributed by atoms with Crippen LogP contribution in [0.25, 0.3) is 0 Å². The van der Waals surface area contributed by atoms with Crippen LogP contribution in [-0.2, 0) is 9.53 Å². The first-order chi connectivity index (χ1) is 6.40. The standard InChI is InChI=1S/C10H18FNO2/c1-9(2,3)14-8(13)10(6-11)4-5-12-7-10/h12H,4-7H2,1-3H3. The molecule has 1 N–H and O–H groups in total. The van der Waals surface area contributed by atoms with Gasteiger partial charge in [0, 0.05) is 6.54 Å². The Balaban J connectivity index is 2.66. The lowest BCUT2D eigenvalue weighted by molar-refractivity contribution is -0.167. The van der Waals surface area contributed by atoms with Crippen LogP contribution in [0, 0.1) is 5.41 Å². The van der Waals surface area contributed by atoms with E-state index >= 15 is 0 Å². The smallest absolute Gasteiger partial charge is 0.316 e. The highest BCUT2D eigenvalue weighted by Crippen LogP contribution is 2.29. The summed E-state index contributed by atoms with van der Waals surface area (Å²) >= 11 is 0. The van der Waals surface area contributed by atoms with Crippen molar-refractivity contribution in [1.82, 2.24) is 5.32 Å². The average Bonchev–Trinajstić information content (AvgIpc) is 2.49. The van der Waals surface area contributed by atoms with Gasteiger partial charge in [-0.3, -0.25) is 4.79 Å². The van der Waals surface area contributed by atoms with E-state index in [1.54, 1.807) is 20.8 Å². The van der Waals surface area contributed by atoms with E-state index in [0.717, 1.165) is 0 Å². The van der Waals surface area contributed by atoms with E-state index in [0.29, 0.717) is 19.5 Å². The summed E-state index contributed by atoms with van der Waals surface area (Å²) in [6.07, 6.45) is 0.526. The molecule has 1 aliphatic heterocycles. The van der Waals surface area contributed by atoms with Crippen LogP contribution in [0.2, 0.25) is 0 Å². The van der Waals surface area contributed by atoms with Crippen LogP contribution >= 0.6 is 0 Å². The summed E-state index contributed by atoms with van der Waals surface area (Å²) in [5, 5.41) is 2.99. The van der Waals surface area contributed by atoms with E-state index in [1.807, 2.05) is 0 Å². The second kappa shape index (κ2) is 3.85. The molecule has 14 heavy (non-hydrogen) atoms. The van der Waals surface area contributed by atoms with E-state index in [-0.39, 0.29) is 0 Å². The van der Waals surface area contributed by atoms with Crippen LogP contribution in [-0.4, -0.2) is 31.3 Å². The van der Waals surface area contributed by atoms with Gasteiger partial charge in [0.2, 0.25) is 0 Å². The first-order valence-electron chi connectivity index (χ1n) is 4.90. The number of hydrogen-bond donors (Lipinski definition) is 1. The van der Waals surface area contributed by atoms with Gasteiger partial charge < -0.3 is 10.1 Å². The molecule has 1 aliphatic rings. The van der Waals surface area contributed by atoms with Gasteiger partial charge in [-0.15, -0.1) is 0 Å². The molecule has 0 saturated carbocycles. The van der Waals surface area contributed by atoms with Crippen molar-refractivity contribution in [1.29, 1.82) is 0 Å². The Morgan fingerprint density at radius 2 is 2.21 bits per heavy atom. The van der Waals surface area contributed by atoms with Crippen molar-refractivity contribution in [2.45, 2.75) is 32.8 Å². The Hall–Kier alpha value is -0.640. The molecule has 3 nitrogen and oxygen atoms in total. The lowest BCUT2D eigenvalue weighted by atomic mass is 9.89. The zero-order valence-electron chi connectivity index (χ0n) is 9.02. The third-order valence-corrected chi connectivity index (χ3v) is 2.33. The molecule has 0 bridgehead atoms. The number of carbonyl (C=O) groups is 1. The minimum Gasteiger partial charge on any atom is -0.459 e. The molecule has 1 saturated heterocycles. The molecule has 0 aliphatic carbocycles. The quantitative estimate of drug-likeness (QED) is 0.687. The zero-order valence-corrected chi connectivity index (χ0v) is 9.02. The van der Waals surface area contributed by atoms with Crippen molar-refractivity contribution in [2.75, 3.05) is 19.8 Å². The highest BCUT2D eigenvalue weighted by atomic mass is 19.1. The zero-order chi connectivity index (χ0) is 10.8. The van der Waals surface area contributed by atoms with Crippen molar-refractivity contribution >= 4 is 5.97 Å². The maximum atomic E-state index is 12.8. The molecule has 0 spiro atoms. The summed E-state index contributed by atoms with van der Waals surface area (Å²) in [6, 6.07) is 0. The number of alkyl halides is 1. The fourth-order valence-corrected chi connectivity index (χ4v) is 1.47. The van der Waals surface area contributed by atoms with Gasteiger partial charge in [0.25, 0.3) is 0 Å². The van der Waals surface area contributed by atoms with Gasteiger partial charge in [0.05, 0.1) is 0 Å². The highest BCUT2D eigenvalue weighted by molar-refractivity contribution is 5.78. The molecular weight excluding hydrogens is 185 g/mol. The minimum atomic E-state index is -0.937. The SMILES string of the molecule is CC(C)(C)OC(=O)C1(CF)CCNC1. The molecule has 1 heterocycles. The number of esters is 1. The van der Waals surface area contributed by atoms with Gasteiger partial charge in [-0.25, -0.2) is 4.39 Å². The van der Waals surface area contributed by atoms with Crippen molar-refractivity contribution in [3.8, 4) is 0 Å². The fraction of sp³-hybridized carbons (Fsp3) is 0.900. The summed E-state index contributed by atoms with van der Waals surface area (Å²) in [7, 11) is 0. The maximum absolute atomic E-state index is 12.8. The molecular formula is C10H18FNO2. The molecule has 0 aromatic carbocycles. The summed E-state index contributed by atoms with van der Waals surface area (Å²) in [6.45, 7) is 5.80. The molecule has 1 fully saturated rings. The minimum absolute atomic E-state index is 0.387. The number of halogens is 1. The molecule has 1 rings (SSSR count). The molecule has 4 heteroatoms. The van der Waals surface area contributed by atoms with E-state index < -0.39 is 23.7 Å². The fourth-order valence-electron chi connectivity index (χ4n) is 1.47. The first-order valence-corrected chi connectivity index (χ1v) is 4.90. The second-order valence-electron chi connectivity index (χ2n) is 4.84. The van der Waals surface area contributed by atoms with Gasteiger partial charge in [-0.05, 0) is 33.7 Å². The number of nitrogens with one attached hydrogen (secondary N) is 1. The lowest BCUT2D eigenvalue weighted by Gasteiger charge is -2.28. The van der Waals surface area contributed by atoms with Crippen LogP contribution in [0.1, 0.15) is 27.2 Å². The summed E-state index contributed by atoms with van der Waals surface area (Å²) < 4.78 is 18.0. The lowest BCUT2D eigenvalue weighted by Crippen LogP contribution is -2.41. The second-order valence-corrected chi connectivity index (χ2v) is 4.84. The van der Waals surface area contributed by atoms with Gasteiger partial charge >= 0.3 is 5.97 Å². The van der Waals surface area contributed by atoms with Gasteiger partial charge in [-0.1, -0.05) is 0 Å². The van der Waals surface area contributed by atoms with E-state index in [2.05, 4.69) is 5.32 Å². The van der Waals surface area contributed by atoms with Gasteiger partial charge in [0.1, 0.15) is 17.7 Å². The molecule has 0 aromatic heterocycles. The summed E-state index contributed by atoms with van der Waals surface area (Å²) in [5.74, 6) is -0.419. The number of ether oxygens (including phenoxy) is 1. The van der Waals surface area contributed by atoms with Gasteiger partial charge in [-0.2, -0.15) is 0 Å². The van der Waals surface area contributed by atoms with Crippen LogP contribution < -0.4 is 5.32 Å². The van der Waals surface area contributed by atoms with Gasteiger partial charge in [0.15, 0.2) is 0 Å². The molecule has 1 unspecified atom stereocenters. The summed E-state index contributed by atoms with van der Waals surface area (Å²) in [4.78, 5) is 11.7. The Morgan fingerprint density at radius 1 is 1.57 bits per heavy atom. The van der Waals surface area contributed by atoms with Crippen LogP contribution in [0.4, 0.5) is 4.39 Å². The Bertz CT molecular complexity index is 217. The van der Waals surface area contributed by atoms with Crippen molar-refractivity contribution in [2.24, 2.45) is 5.41 Å². The molecule has 0 amide bonds. The number of rotatable bonds is 2. The highest BCUT2D eigenvalue weighted by Gasteiger charge is 2.44. The van der Waals surface area contributed by atoms with Crippen LogP contribution in [0.15, 0.2) is 0 Å². The predicted octanol–water partition coefficient (Wildman–Crippen LogP) is 1.28. The van der Waals surface area contributed by atoms with E-state index in [9.17, 15) is 9.18 Å². The van der Waals surface area contributed by atoms with Crippen molar-refractivity contribution in [3.05, 3.63) is 0 Å². The number of carbonyl (C=O) groups excluding carboxylic acids is 1. The monoisotopic (exact) mass is 203 g/mol. The third kappa shape index (κ3) is 2.44. The third-order valence-electron chi connectivity index (χ3n) is 2.33. The van der Waals surface area contributed by atoms with E-state index in [4.69, 9.17) is 4.74 Å². The Labute approximate surface area is 84.0 Å². The molecule has 0 radical (unpaired) electrons. The van der Waals surface area contributed by atoms with Crippen molar-refractivity contribution < 1.29 is 13.9 Å². The van der Waals surface area contributed by atoms with Crippen LogP contribution in [0.3, 0.4) is 0 Å². The largest absolute Gasteiger partial charge is 0.459 e. The normalized spacial score (nSPS) is 27.7. The molecule has 82 valence electrons. The maximum Gasteiger partial charge on any atom is 0.316 e. The molecule has 1 atom stereocenters.